The van der Waals surface area contributed by atoms with Crippen LogP contribution in [-0.4, -0.2) is 55.6 Å². The summed E-state index contributed by atoms with van der Waals surface area (Å²) in [6.07, 6.45) is 3.38. The van der Waals surface area contributed by atoms with E-state index in [0.29, 0.717) is 38.9 Å². The number of carbonyl (C=O) groups is 3. The molecule has 15 nitrogen and oxygen atoms in total. The van der Waals surface area contributed by atoms with Gasteiger partial charge in [-0.05, 0) is 88.1 Å². The van der Waals surface area contributed by atoms with E-state index < -0.39 is 29.7 Å². The van der Waals surface area contributed by atoms with Gasteiger partial charge < -0.3 is 14.8 Å². The van der Waals surface area contributed by atoms with Crippen LogP contribution < -0.4 is 21.5 Å². The summed E-state index contributed by atoms with van der Waals surface area (Å²) in [4.78, 5) is 50.5. The highest BCUT2D eigenvalue weighted by Gasteiger charge is 2.19. The number of H-pyrrole nitrogens is 1. The lowest BCUT2D eigenvalue weighted by Crippen LogP contribution is -2.30. The predicted molar refractivity (Wildman–Crippen MR) is 201 cm³/mol. The third-order valence-electron chi connectivity index (χ3n) is 7.98. The second-order valence-electron chi connectivity index (χ2n) is 11.7. The molecule has 6 aromatic rings. The van der Waals surface area contributed by atoms with E-state index in [2.05, 4.69) is 46.4 Å². The van der Waals surface area contributed by atoms with Gasteiger partial charge in [0.1, 0.15) is 12.9 Å². The highest BCUT2D eigenvalue weighted by Crippen LogP contribution is 2.24. The highest BCUT2D eigenvalue weighted by atomic mass is 35.5. The summed E-state index contributed by atoms with van der Waals surface area (Å²) in [6, 6.07) is 28.9. The molecule has 0 aliphatic rings. The molecule has 0 aliphatic carbocycles. The molecule has 4 N–H and O–H groups in total. The Morgan fingerprint density at radius 3 is 2.31 bits per heavy atom. The van der Waals surface area contributed by atoms with E-state index in [0.717, 1.165) is 11.1 Å². The number of aromatic amines is 1. The Kier molecular flexibility index (Phi) is 11.8. The minimum absolute atomic E-state index is 0.125. The van der Waals surface area contributed by atoms with Crippen LogP contribution in [0.15, 0.2) is 120 Å². The summed E-state index contributed by atoms with van der Waals surface area (Å²) in [6.45, 7) is 0.125. The third kappa shape index (κ3) is 9.80. The van der Waals surface area contributed by atoms with Crippen molar-refractivity contribution in [3.8, 4) is 16.8 Å². The van der Waals surface area contributed by atoms with Crippen LogP contribution in [0, 0.1) is 0 Å². The van der Waals surface area contributed by atoms with Crippen molar-refractivity contribution in [1.29, 1.82) is 0 Å². The van der Waals surface area contributed by atoms with Gasteiger partial charge in [-0.2, -0.15) is 9.78 Å². The van der Waals surface area contributed by atoms with Crippen LogP contribution in [-0.2, 0) is 27.3 Å². The van der Waals surface area contributed by atoms with Gasteiger partial charge in [0.25, 0.3) is 5.56 Å². The lowest BCUT2D eigenvalue weighted by molar-refractivity contribution is -0.117. The topological polar surface area (TPSA) is 195 Å². The summed E-state index contributed by atoms with van der Waals surface area (Å²) in [7, 11) is 1.26. The number of methoxy groups -OCH3 is 1. The molecule has 1 atom stereocenters. The molecule has 0 radical (unpaired) electrons. The Hall–Kier alpha value is -7.13. The number of carbonyl (C=O) groups excluding carboxylic acids is 3. The van der Waals surface area contributed by atoms with Crippen molar-refractivity contribution in [3.05, 3.63) is 153 Å². The first kappa shape index (κ1) is 36.7. The summed E-state index contributed by atoms with van der Waals surface area (Å²) >= 11 is 6.26. The number of halogens is 1. The molecule has 272 valence electrons. The Labute approximate surface area is 313 Å². The van der Waals surface area contributed by atoms with Gasteiger partial charge in [0.05, 0.1) is 30.1 Å². The van der Waals surface area contributed by atoms with Crippen LogP contribution in [0.25, 0.3) is 22.9 Å². The van der Waals surface area contributed by atoms with Crippen molar-refractivity contribution in [3.63, 3.8) is 0 Å². The molecule has 54 heavy (non-hydrogen) atoms. The van der Waals surface area contributed by atoms with E-state index in [9.17, 15) is 19.2 Å². The maximum atomic E-state index is 13.5. The zero-order chi connectivity index (χ0) is 37.9. The van der Waals surface area contributed by atoms with Gasteiger partial charge in [-0.1, -0.05) is 66.2 Å². The molecule has 16 heteroatoms. The molecule has 6 rings (SSSR count). The summed E-state index contributed by atoms with van der Waals surface area (Å²) < 4.78 is 11.4. The second kappa shape index (κ2) is 17.4. The first-order valence-electron chi connectivity index (χ1n) is 16.4. The number of anilines is 2. The molecule has 0 aliphatic heterocycles. The molecule has 2 heterocycles. The zero-order valence-electron chi connectivity index (χ0n) is 28.6. The quantitative estimate of drug-likeness (QED) is 0.106. The fraction of sp³-hybridized carbons (Fsp3) is 0.105. The van der Waals surface area contributed by atoms with Crippen molar-refractivity contribution < 1.29 is 23.9 Å². The third-order valence-corrected chi connectivity index (χ3v) is 8.21. The second-order valence-corrected chi connectivity index (χ2v) is 12.1. The maximum Gasteiger partial charge on any atom is 0.411 e. The van der Waals surface area contributed by atoms with Gasteiger partial charge >= 0.3 is 12.2 Å². The van der Waals surface area contributed by atoms with Gasteiger partial charge in [0, 0.05) is 28.0 Å². The fourth-order valence-electron chi connectivity index (χ4n) is 5.31. The standard InChI is InChI=1S/C38H32ClN9O6/c1-53-37(51)41-30-15-9-26(10-16-30)31-21-33(44-45-36(31)50)32(43-35(49)18-11-27-20-28(39)12-17-34(27)48-23-40-46-47-48)19-24-7-13-29(14-8-24)42-38(52)54-22-25-5-3-2-4-6-25/h2-18,20-21,23,32H,19,22H2,1H3,(H,41,51)(H,42,52)(H,43,49)(H,45,50). The number of nitrogens with zero attached hydrogens (tertiary/aromatic N) is 5. The van der Waals surface area contributed by atoms with Crippen LogP contribution in [0.1, 0.15) is 28.4 Å². The number of hydrogen-bond acceptors (Lipinski definition) is 10. The number of amides is 3. The number of benzene rings is 4. The minimum Gasteiger partial charge on any atom is -0.453 e. The summed E-state index contributed by atoms with van der Waals surface area (Å²) in [5, 5.41) is 26.8. The SMILES string of the molecule is COC(=O)Nc1ccc(-c2cc(C(Cc3ccc(NC(=O)OCc4ccccc4)cc3)NC(=O)C=Cc3cc(Cl)ccc3-n3cnnn3)n[nH]c2=O)cc1. The smallest absolute Gasteiger partial charge is 0.411 e. The molecule has 4 aromatic carbocycles. The summed E-state index contributed by atoms with van der Waals surface area (Å²) in [5.74, 6) is -0.463. The number of ether oxygens (including phenoxy) is 2. The molecule has 0 saturated heterocycles. The van der Waals surface area contributed by atoms with Gasteiger partial charge in [-0.3, -0.25) is 20.2 Å². The highest BCUT2D eigenvalue weighted by molar-refractivity contribution is 6.30. The normalized spacial score (nSPS) is 11.4. The molecular formula is C38H32ClN9O6. The Morgan fingerprint density at radius 1 is 0.889 bits per heavy atom. The van der Waals surface area contributed by atoms with Crippen LogP contribution in [0.4, 0.5) is 21.0 Å². The maximum absolute atomic E-state index is 13.5. The Morgan fingerprint density at radius 2 is 1.61 bits per heavy atom. The van der Waals surface area contributed by atoms with Crippen LogP contribution in [0.3, 0.4) is 0 Å². The van der Waals surface area contributed by atoms with Crippen molar-refractivity contribution in [1.82, 2.24) is 35.7 Å². The van der Waals surface area contributed by atoms with Gasteiger partial charge in [-0.25, -0.2) is 14.7 Å². The number of tetrazole rings is 1. The lowest BCUT2D eigenvalue weighted by Gasteiger charge is -2.18. The molecule has 0 spiro atoms. The number of aromatic nitrogens is 6. The average Bonchev–Trinajstić information content (AvgIpc) is 3.73. The van der Waals surface area contributed by atoms with E-state index in [1.165, 1.54) is 24.2 Å². The Bertz CT molecular complexity index is 2320. The molecule has 0 bridgehead atoms. The summed E-state index contributed by atoms with van der Waals surface area (Å²) in [5.41, 5.74) is 4.56. The van der Waals surface area contributed by atoms with E-state index in [-0.39, 0.29) is 18.6 Å². The van der Waals surface area contributed by atoms with Crippen molar-refractivity contribution in [2.75, 3.05) is 17.7 Å². The monoisotopic (exact) mass is 745 g/mol. The first-order chi connectivity index (χ1) is 26.2. The molecule has 2 aromatic heterocycles. The van der Waals surface area contributed by atoms with Crippen molar-refractivity contribution in [2.45, 2.75) is 19.1 Å². The number of nitrogens with one attached hydrogen (secondary N) is 4. The van der Waals surface area contributed by atoms with E-state index >= 15 is 0 Å². The number of hydrogen-bond donors (Lipinski definition) is 4. The van der Waals surface area contributed by atoms with Gasteiger partial charge in [0.15, 0.2) is 0 Å². The van der Waals surface area contributed by atoms with Crippen LogP contribution in [0.2, 0.25) is 5.02 Å². The molecular weight excluding hydrogens is 714 g/mol. The first-order valence-corrected chi connectivity index (χ1v) is 16.7. The molecule has 1 unspecified atom stereocenters. The van der Waals surface area contributed by atoms with E-state index in [4.69, 9.17) is 16.3 Å². The van der Waals surface area contributed by atoms with Crippen LogP contribution in [0.5, 0.6) is 0 Å². The minimum atomic E-state index is -0.731. The van der Waals surface area contributed by atoms with Gasteiger partial charge in [-0.15, -0.1) is 5.10 Å². The fourth-order valence-corrected chi connectivity index (χ4v) is 5.49. The largest absolute Gasteiger partial charge is 0.453 e. The lowest BCUT2D eigenvalue weighted by atomic mass is 9.99. The predicted octanol–water partition coefficient (Wildman–Crippen LogP) is 6.11. The average molecular weight is 746 g/mol. The molecule has 3 amide bonds. The van der Waals surface area contributed by atoms with Crippen LogP contribution >= 0.6 is 11.6 Å². The van der Waals surface area contributed by atoms with Crippen molar-refractivity contribution in [2.24, 2.45) is 0 Å². The van der Waals surface area contributed by atoms with Crippen molar-refractivity contribution >= 4 is 47.1 Å². The molecule has 0 saturated carbocycles. The van der Waals surface area contributed by atoms with Gasteiger partial charge in [0.2, 0.25) is 5.91 Å². The number of rotatable bonds is 12. The Balaban J connectivity index is 1.23. The molecule has 0 fully saturated rings. The zero-order valence-corrected chi connectivity index (χ0v) is 29.4. The van der Waals surface area contributed by atoms with E-state index in [1.54, 1.807) is 78.9 Å². The van der Waals surface area contributed by atoms with E-state index in [1.807, 2.05) is 30.3 Å².